The van der Waals surface area contributed by atoms with Gasteiger partial charge in [0.2, 0.25) is 0 Å². The van der Waals surface area contributed by atoms with E-state index < -0.39 is 0 Å². The number of H-pyrrole nitrogens is 1. The second kappa shape index (κ2) is 8.10. The van der Waals surface area contributed by atoms with E-state index in [-0.39, 0.29) is 0 Å². The summed E-state index contributed by atoms with van der Waals surface area (Å²) in [5.74, 6) is 1.48. The summed E-state index contributed by atoms with van der Waals surface area (Å²) in [6.07, 6.45) is 7.87. The van der Waals surface area contributed by atoms with Gasteiger partial charge in [0.15, 0.2) is 0 Å². The van der Waals surface area contributed by atoms with Gasteiger partial charge in [0.25, 0.3) is 0 Å². The van der Waals surface area contributed by atoms with Crippen LogP contribution in [0.5, 0.6) is 0 Å². The fourth-order valence-corrected chi connectivity index (χ4v) is 3.99. The lowest BCUT2D eigenvalue weighted by Crippen LogP contribution is -2.34. The smallest absolute Gasteiger partial charge is 0.147 e. The van der Waals surface area contributed by atoms with Gasteiger partial charge in [0.1, 0.15) is 5.82 Å². The Kier molecular flexibility index (Phi) is 5.39. The molecule has 1 aliphatic rings. The zero-order valence-electron chi connectivity index (χ0n) is 16.9. The first-order chi connectivity index (χ1) is 13.6. The minimum Gasteiger partial charge on any atom is -0.355 e. The number of rotatable bonds is 5. The summed E-state index contributed by atoms with van der Waals surface area (Å²) in [5, 5.41) is 7.63. The molecule has 6 heteroatoms. The summed E-state index contributed by atoms with van der Waals surface area (Å²) in [4.78, 5) is 13.7. The first kappa shape index (κ1) is 18.6. The molecule has 1 fully saturated rings. The van der Waals surface area contributed by atoms with E-state index in [0.29, 0.717) is 5.92 Å². The summed E-state index contributed by atoms with van der Waals surface area (Å²) in [5.41, 5.74) is 6.02. The molecule has 0 bridgehead atoms. The molecule has 28 heavy (non-hydrogen) atoms. The zero-order valence-corrected chi connectivity index (χ0v) is 16.9. The number of benzene rings is 1. The lowest BCUT2D eigenvalue weighted by molar-refractivity contribution is 0.395. The van der Waals surface area contributed by atoms with Gasteiger partial charge in [-0.25, -0.2) is 4.98 Å². The van der Waals surface area contributed by atoms with Crippen molar-refractivity contribution in [3.8, 4) is 11.1 Å². The van der Waals surface area contributed by atoms with Crippen molar-refractivity contribution in [1.82, 2.24) is 25.1 Å². The third-order valence-corrected chi connectivity index (χ3v) is 5.38. The van der Waals surface area contributed by atoms with Gasteiger partial charge in [-0.2, -0.15) is 5.10 Å². The number of hydrogen-bond acceptors (Lipinski definition) is 5. The van der Waals surface area contributed by atoms with Crippen molar-refractivity contribution in [2.24, 2.45) is 0 Å². The van der Waals surface area contributed by atoms with Crippen LogP contribution in [0, 0.1) is 6.92 Å². The van der Waals surface area contributed by atoms with Crippen LogP contribution in [0.3, 0.4) is 0 Å². The van der Waals surface area contributed by atoms with Crippen LogP contribution in [-0.4, -0.2) is 52.3 Å². The number of piperidine rings is 1. The van der Waals surface area contributed by atoms with Crippen LogP contribution in [0.4, 0.5) is 5.82 Å². The lowest BCUT2D eigenvalue weighted by Gasteiger charge is -2.32. The summed E-state index contributed by atoms with van der Waals surface area (Å²) < 4.78 is 0. The molecule has 2 aromatic heterocycles. The maximum atomic E-state index is 4.80. The van der Waals surface area contributed by atoms with Gasteiger partial charge < -0.3 is 9.80 Å². The molecule has 146 valence electrons. The number of anilines is 1. The van der Waals surface area contributed by atoms with Crippen LogP contribution in [0.1, 0.15) is 35.7 Å². The summed E-state index contributed by atoms with van der Waals surface area (Å²) in [6.45, 7) is 4.91. The molecule has 1 aromatic carbocycles. The van der Waals surface area contributed by atoms with Crippen LogP contribution in [0.25, 0.3) is 11.1 Å². The predicted molar refractivity (Wildman–Crippen MR) is 112 cm³/mol. The Morgan fingerprint density at radius 2 is 1.96 bits per heavy atom. The fourth-order valence-electron chi connectivity index (χ4n) is 3.99. The van der Waals surface area contributed by atoms with Gasteiger partial charge in [-0.15, -0.1) is 0 Å². The van der Waals surface area contributed by atoms with Crippen LogP contribution >= 0.6 is 0 Å². The number of aromatic amines is 1. The maximum absolute atomic E-state index is 4.80. The Morgan fingerprint density at radius 1 is 1.14 bits per heavy atom. The maximum Gasteiger partial charge on any atom is 0.147 e. The topological polar surface area (TPSA) is 60.9 Å². The molecule has 0 aliphatic carbocycles. The second-order valence-electron chi connectivity index (χ2n) is 7.93. The molecule has 1 aliphatic heterocycles. The standard InChI is InChI=1S/C22H28N6/c1-16-5-4-6-18(11-16)20-13-24-26-22(20)17-7-9-28(10-8-17)21-14-23-12-19(25-21)15-27(2)3/h4-6,11-14,17H,7-10,15H2,1-3H3,(H,24,26). The first-order valence-corrected chi connectivity index (χ1v) is 9.91. The highest BCUT2D eigenvalue weighted by atomic mass is 15.2. The van der Waals surface area contributed by atoms with Crippen molar-refractivity contribution >= 4 is 5.82 Å². The summed E-state index contributed by atoms with van der Waals surface area (Å²) in [7, 11) is 4.10. The van der Waals surface area contributed by atoms with E-state index in [0.717, 1.165) is 44.0 Å². The van der Waals surface area contributed by atoms with Gasteiger partial charge in [-0.3, -0.25) is 10.1 Å². The fraction of sp³-hybridized carbons (Fsp3) is 0.409. The molecule has 0 unspecified atom stereocenters. The van der Waals surface area contributed by atoms with Crippen molar-refractivity contribution < 1.29 is 0 Å². The van der Waals surface area contributed by atoms with Crippen LogP contribution in [-0.2, 0) is 6.54 Å². The minimum atomic E-state index is 0.493. The Bertz CT molecular complexity index is 924. The third-order valence-electron chi connectivity index (χ3n) is 5.38. The molecule has 0 spiro atoms. The summed E-state index contributed by atoms with van der Waals surface area (Å²) in [6, 6.07) is 8.65. The molecule has 3 heterocycles. The van der Waals surface area contributed by atoms with Crippen molar-refractivity contribution in [3.05, 3.63) is 59.8 Å². The van der Waals surface area contributed by atoms with Gasteiger partial charge in [-0.05, 0) is 39.4 Å². The molecular weight excluding hydrogens is 348 g/mol. The Hall–Kier alpha value is -2.73. The van der Waals surface area contributed by atoms with E-state index >= 15 is 0 Å². The quantitative estimate of drug-likeness (QED) is 0.737. The van der Waals surface area contributed by atoms with Gasteiger partial charge >= 0.3 is 0 Å². The lowest BCUT2D eigenvalue weighted by atomic mass is 9.89. The van der Waals surface area contributed by atoms with Crippen LogP contribution < -0.4 is 4.90 Å². The second-order valence-corrected chi connectivity index (χ2v) is 7.93. The Labute approximate surface area is 166 Å². The predicted octanol–water partition coefficient (Wildman–Crippen LogP) is 3.62. The van der Waals surface area contributed by atoms with E-state index in [1.54, 1.807) is 0 Å². The number of nitrogens with zero attached hydrogens (tertiary/aromatic N) is 5. The molecule has 3 aromatic rings. The van der Waals surface area contributed by atoms with Crippen molar-refractivity contribution in [1.29, 1.82) is 0 Å². The SMILES string of the molecule is Cc1cccc(-c2cn[nH]c2C2CCN(c3cncc(CN(C)C)n3)CC2)c1. The highest BCUT2D eigenvalue weighted by molar-refractivity contribution is 5.66. The van der Waals surface area contributed by atoms with Crippen LogP contribution in [0.2, 0.25) is 0 Å². The average molecular weight is 377 g/mol. The van der Waals surface area contributed by atoms with Gasteiger partial charge in [-0.1, -0.05) is 29.8 Å². The Morgan fingerprint density at radius 3 is 2.71 bits per heavy atom. The largest absolute Gasteiger partial charge is 0.355 e. The van der Waals surface area contributed by atoms with E-state index in [4.69, 9.17) is 4.98 Å². The summed E-state index contributed by atoms with van der Waals surface area (Å²) >= 11 is 0. The monoisotopic (exact) mass is 376 g/mol. The highest BCUT2D eigenvalue weighted by Gasteiger charge is 2.25. The normalized spacial score (nSPS) is 15.4. The van der Waals surface area contributed by atoms with Crippen LogP contribution in [0.15, 0.2) is 42.9 Å². The van der Waals surface area contributed by atoms with Gasteiger partial charge in [0, 0.05) is 43.0 Å². The molecule has 4 rings (SSSR count). The first-order valence-electron chi connectivity index (χ1n) is 9.91. The molecule has 0 saturated carbocycles. The molecule has 0 radical (unpaired) electrons. The van der Waals surface area contributed by atoms with E-state index in [1.165, 1.54) is 22.4 Å². The molecule has 0 amide bonds. The van der Waals surface area contributed by atoms with Crippen molar-refractivity contribution in [2.75, 3.05) is 32.1 Å². The average Bonchev–Trinajstić information content (AvgIpc) is 3.18. The molecular formula is C22H28N6. The van der Waals surface area contributed by atoms with Crippen molar-refractivity contribution in [2.45, 2.75) is 32.2 Å². The minimum absolute atomic E-state index is 0.493. The van der Waals surface area contributed by atoms with Crippen molar-refractivity contribution in [3.63, 3.8) is 0 Å². The number of aromatic nitrogens is 4. The number of aryl methyl sites for hydroxylation is 1. The molecule has 1 N–H and O–H groups in total. The number of hydrogen-bond donors (Lipinski definition) is 1. The molecule has 6 nitrogen and oxygen atoms in total. The third kappa shape index (κ3) is 4.07. The van der Waals surface area contributed by atoms with E-state index in [2.05, 4.69) is 70.3 Å². The molecule has 1 saturated heterocycles. The molecule has 0 atom stereocenters. The number of nitrogens with one attached hydrogen (secondary N) is 1. The van der Waals surface area contributed by atoms with Gasteiger partial charge in [0.05, 0.1) is 18.1 Å². The van der Waals surface area contributed by atoms with E-state index in [1.807, 2.05) is 18.6 Å². The highest BCUT2D eigenvalue weighted by Crippen LogP contribution is 2.34. The zero-order chi connectivity index (χ0) is 19.5. The van der Waals surface area contributed by atoms with E-state index in [9.17, 15) is 0 Å². The Balaban J connectivity index is 1.46.